The summed E-state index contributed by atoms with van der Waals surface area (Å²) in [5.41, 5.74) is 2.63. The molecule has 0 saturated heterocycles. The molecule has 0 radical (unpaired) electrons. The number of hydrogen-bond donors (Lipinski definition) is 1. The maximum atomic E-state index is 12.6. The molecule has 1 N–H and O–H groups in total. The maximum absolute atomic E-state index is 12.6. The van der Waals surface area contributed by atoms with Crippen molar-refractivity contribution < 1.29 is 9.21 Å². The zero-order chi connectivity index (χ0) is 18.8. The van der Waals surface area contributed by atoms with Gasteiger partial charge in [-0.2, -0.15) is 5.10 Å². The van der Waals surface area contributed by atoms with E-state index in [0.717, 1.165) is 16.4 Å². The molecule has 0 aliphatic carbocycles. The van der Waals surface area contributed by atoms with E-state index < -0.39 is 0 Å². The Hall–Kier alpha value is -2.90. The van der Waals surface area contributed by atoms with Crippen LogP contribution in [0.2, 0.25) is 5.02 Å². The van der Waals surface area contributed by atoms with Crippen molar-refractivity contribution in [3.05, 3.63) is 75.5 Å². The molecular formula is C19H15ClN4O2S. The molecule has 6 nitrogen and oxygen atoms in total. The monoisotopic (exact) mass is 398 g/mol. The van der Waals surface area contributed by atoms with Crippen molar-refractivity contribution in [1.29, 1.82) is 0 Å². The van der Waals surface area contributed by atoms with Crippen molar-refractivity contribution in [3.63, 3.8) is 0 Å². The maximum Gasteiger partial charge on any atom is 0.272 e. The van der Waals surface area contributed by atoms with E-state index in [1.807, 2.05) is 30.5 Å². The molecule has 0 aliphatic rings. The van der Waals surface area contributed by atoms with Gasteiger partial charge in [0, 0.05) is 22.2 Å². The number of carbonyl (C=O) groups is 1. The molecule has 3 heterocycles. The molecule has 0 saturated carbocycles. The fourth-order valence-electron chi connectivity index (χ4n) is 2.63. The highest BCUT2D eigenvalue weighted by molar-refractivity contribution is 7.09. The first-order valence-corrected chi connectivity index (χ1v) is 9.45. The SMILES string of the molecule is Cc1csc(CNC(=O)c2cc(-c3ccco3)n(-c3cccc(Cl)c3)n2)n1. The van der Waals surface area contributed by atoms with Gasteiger partial charge in [-0.1, -0.05) is 17.7 Å². The molecule has 8 heteroatoms. The van der Waals surface area contributed by atoms with Crippen LogP contribution in [0.15, 0.2) is 58.5 Å². The lowest BCUT2D eigenvalue weighted by atomic mass is 10.2. The summed E-state index contributed by atoms with van der Waals surface area (Å²) in [6.07, 6.45) is 1.58. The fraction of sp³-hybridized carbons (Fsp3) is 0.105. The van der Waals surface area contributed by atoms with E-state index in [9.17, 15) is 4.79 Å². The number of benzene rings is 1. The van der Waals surface area contributed by atoms with Gasteiger partial charge in [0.2, 0.25) is 0 Å². The zero-order valence-electron chi connectivity index (χ0n) is 14.3. The van der Waals surface area contributed by atoms with E-state index in [0.29, 0.717) is 23.0 Å². The van der Waals surface area contributed by atoms with Crippen LogP contribution >= 0.6 is 22.9 Å². The fourth-order valence-corrected chi connectivity index (χ4v) is 3.52. The minimum Gasteiger partial charge on any atom is -0.463 e. The molecular weight excluding hydrogens is 384 g/mol. The Kier molecular flexibility index (Phi) is 4.79. The third-order valence-electron chi connectivity index (χ3n) is 3.84. The van der Waals surface area contributed by atoms with Crippen molar-refractivity contribution >= 4 is 28.8 Å². The van der Waals surface area contributed by atoms with E-state index >= 15 is 0 Å². The van der Waals surface area contributed by atoms with Crippen LogP contribution in [-0.4, -0.2) is 20.7 Å². The van der Waals surface area contributed by atoms with Crippen molar-refractivity contribution in [2.75, 3.05) is 0 Å². The Balaban J connectivity index is 1.65. The molecule has 0 unspecified atom stereocenters. The summed E-state index contributed by atoms with van der Waals surface area (Å²) in [6, 6.07) is 12.6. The number of nitrogens with zero attached hydrogens (tertiary/aromatic N) is 3. The highest BCUT2D eigenvalue weighted by atomic mass is 35.5. The zero-order valence-corrected chi connectivity index (χ0v) is 15.9. The van der Waals surface area contributed by atoms with Crippen LogP contribution in [-0.2, 0) is 6.54 Å². The first kappa shape index (κ1) is 17.5. The van der Waals surface area contributed by atoms with Gasteiger partial charge in [0.1, 0.15) is 10.7 Å². The number of aryl methyl sites for hydroxylation is 1. The Labute approximate surface area is 164 Å². The molecule has 27 heavy (non-hydrogen) atoms. The third-order valence-corrected chi connectivity index (χ3v) is 5.04. The summed E-state index contributed by atoms with van der Waals surface area (Å²) in [6.45, 7) is 2.28. The Morgan fingerprint density at radius 3 is 2.89 bits per heavy atom. The number of rotatable bonds is 5. The van der Waals surface area contributed by atoms with Gasteiger partial charge >= 0.3 is 0 Å². The van der Waals surface area contributed by atoms with Gasteiger partial charge in [-0.05, 0) is 37.3 Å². The summed E-state index contributed by atoms with van der Waals surface area (Å²) >= 11 is 7.62. The van der Waals surface area contributed by atoms with Crippen molar-refractivity contribution in [2.45, 2.75) is 13.5 Å². The molecule has 1 aromatic carbocycles. The van der Waals surface area contributed by atoms with Crippen LogP contribution in [0.4, 0.5) is 0 Å². The topological polar surface area (TPSA) is 73.0 Å². The summed E-state index contributed by atoms with van der Waals surface area (Å²) in [7, 11) is 0. The van der Waals surface area contributed by atoms with Crippen LogP contribution in [0, 0.1) is 6.92 Å². The number of hydrogen-bond acceptors (Lipinski definition) is 5. The van der Waals surface area contributed by atoms with Gasteiger partial charge in [-0.3, -0.25) is 4.79 Å². The Morgan fingerprint density at radius 2 is 2.19 bits per heavy atom. The molecule has 0 aliphatic heterocycles. The molecule has 0 spiro atoms. The largest absolute Gasteiger partial charge is 0.463 e. The second-order valence-corrected chi connectivity index (χ2v) is 7.23. The highest BCUT2D eigenvalue weighted by Crippen LogP contribution is 2.26. The molecule has 0 fully saturated rings. The van der Waals surface area contributed by atoms with E-state index in [4.69, 9.17) is 16.0 Å². The lowest BCUT2D eigenvalue weighted by Gasteiger charge is -2.05. The average Bonchev–Trinajstić information content (AvgIpc) is 3.39. The number of halogens is 1. The molecule has 0 atom stereocenters. The molecule has 4 aromatic rings. The lowest BCUT2D eigenvalue weighted by molar-refractivity contribution is 0.0945. The second-order valence-electron chi connectivity index (χ2n) is 5.85. The summed E-state index contributed by atoms with van der Waals surface area (Å²) in [5, 5.41) is 10.7. The van der Waals surface area contributed by atoms with Crippen LogP contribution in [0.1, 0.15) is 21.2 Å². The van der Waals surface area contributed by atoms with Gasteiger partial charge in [-0.15, -0.1) is 11.3 Å². The smallest absolute Gasteiger partial charge is 0.272 e. The van der Waals surface area contributed by atoms with Gasteiger partial charge in [-0.25, -0.2) is 9.67 Å². The number of amides is 1. The first-order chi connectivity index (χ1) is 13.1. The molecule has 0 bridgehead atoms. The second kappa shape index (κ2) is 7.38. The van der Waals surface area contributed by atoms with E-state index in [1.54, 1.807) is 35.2 Å². The average molecular weight is 399 g/mol. The molecule has 4 rings (SSSR count). The summed E-state index contributed by atoms with van der Waals surface area (Å²) in [4.78, 5) is 16.9. The van der Waals surface area contributed by atoms with E-state index in [1.165, 1.54) is 11.3 Å². The first-order valence-electron chi connectivity index (χ1n) is 8.19. The van der Waals surface area contributed by atoms with Gasteiger partial charge in [0.25, 0.3) is 5.91 Å². The van der Waals surface area contributed by atoms with Crippen LogP contribution in [0.25, 0.3) is 17.1 Å². The number of aromatic nitrogens is 3. The Bertz CT molecular complexity index is 1090. The quantitative estimate of drug-likeness (QED) is 0.538. The highest BCUT2D eigenvalue weighted by Gasteiger charge is 2.18. The molecule has 1 amide bonds. The number of furan rings is 1. The molecule has 3 aromatic heterocycles. The predicted molar refractivity (Wildman–Crippen MR) is 104 cm³/mol. The lowest BCUT2D eigenvalue weighted by Crippen LogP contribution is -2.23. The van der Waals surface area contributed by atoms with Crippen LogP contribution < -0.4 is 5.32 Å². The standard InChI is InChI=1S/C19H15ClN4O2S/c1-12-11-27-18(22-12)10-21-19(25)15-9-16(17-6-3-7-26-17)24(23-15)14-5-2-4-13(20)8-14/h2-9,11H,10H2,1H3,(H,21,25). The van der Waals surface area contributed by atoms with Crippen molar-refractivity contribution in [1.82, 2.24) is 20.1 Å². The Morgan fingerprint density at radius 1 is 1.30 bits per heavy atom. The minimum atomic E-state index is -0.281. The summed E-state index contributed by atoms with van der Waals surface area (Å²) < 4.78 is 7.15. The van der Waals surface area contributed by atoms with Gasteiger partial charge in [0.15, 0.2) is 11.5 Å². The van der Waals surface area contributed by atoms with Gasteiger partial charge in [0.05, 0.1) is 18.5 Å². The third kappa shape index (κ3) is 3.79. The summed E-state index contributed by atoms with van der Waals surface area (Å²) in [5.74, 6) is 0.327. The van der Waals surface area contributed by atoms with Crippen molar-refractivity contribution in [3.8, 4) is 17.1 Å². The number of nitrogens with one attached hydrogen (secondary N) is 1. The van der Waals surface area contributed by atoms with Gasteiger partial charge < -0.3 is 9.73 Å². The van der Waals surface area contributed by atoms with E-state index in [-0.39, 0.29) is 11.6 Å². The predicted octanol–water partition coefficient (Wildman–Crippen LogP) is 4.48. The molecule has 136 valence electrons. The minimum absolute atomic E-state index is 0.281. The van der Waals surface area contributed by atoms with E-state index in [2.05, 4.69) is 15.4 Å². The number of thiazole rings is 1. The number of carbonyl (C=O) groups excluding carboxylic acids is 1. The van der Waals surface area contributed by atoms with Crippen LogP contribution in [0.3, 0.4) is 0 Å². The van der Waals surface area contributed by atoms with Crippen molar-refractivity contribution in [2.24, 2.45) is 0 Å². The normalized spacial score (nSPS) is 10.9. The van der Waals surface area contributed by atoms with Crippen LogP contribution in [0.5, 0.6) is 0 Å².